The monoisotopic (exact) mass is 256 g/mol. The SMILES string of the molecule is CC(C)CCS(=O)CCn1cc(N)ccc1=O. The standard InChI is InChI=1S/C12H20N2O2S/c1-10(2)5-7-17(16)8-6-14-9-11(13)3-4-12(14)15/h3-4,9-10H,5-8,13H2,1-2H3. The molecule has 1 aromatic heterocycles. The van der Waals surface area contributed by atoms with Crippen molar-refractivity contribution in [3.63, 3.8) is 0 Å². The molecule has 1 unspecified atom stereocenters. The van der Waals surface area contributed by atoms with E-state index in [1.165, 1.54) is 10.6 Å². The summed E-state index contributed by atoms with van der Waals surface area (Å²) in [6.45, 7) is 4.69. The highest BCUT2D eigenvalue weighted by molar-refractivity contribution is 7.84. The molecule has 0 saturated heterocycles. The van der Waals surface area contributed by atoms with Gasteiger partial charge in [0.05, 0.1) is 0 Å². The van der Waals surface area contributed by atoms with Gasteiger partial charge in [0.15, 0.2) is 0 Å². The summed E-state index contributed by atoms with van der Waals surface area (Å²) in [4.78, 5) is 11.5. The fraction of sp³-hybridized carbons (Fsp3) is 0.583. The van der Waals surface area contributed by atoms with Gasteiger partial charge in [-0.3, -0.25) is 9.00 Å². The first-order valence-electron chi connectivity index (χ1n) is 5.80. The quantitative estimate of drug-likeness (QED) is 0.832. The lowest BCUT2D eigenvalue weighted by Gasteiger charge is -2.07. The minimum Gasteiger partial charge on any atom is -0.398 e. The number of aryl methyl sites for hydroxylation is 1. The molecule has 1 rings (SSSR count). The summed E-state index contributed by atoms with van der Waals surface area (Å²) in [6.07, 6.45) is 2.56. The van der Waals surface area contributed by atoms with E-state index in [0.717, 1.165) is 6.42 Å². The molecule has 1 atom stereocenters. The van der Waals surface area contributed by atoms with Gasteiger partial charge in [-0.2, -0.15) is 0 Å². The van der Waals surface area contributed by atoms with Crippen LogP contribution in [0, 0.1) is 5.92 Å². The van der Waals surface area contributed by atoms with E-state index >= 15 is 0 Å². The Kier molecular flexibility index (Phi) is 5.41. The van der Waals surface area contributed by atoms with E-state index in [4.69, 9.17) is 5.73 Å². The first kappa shape index (κ1) is 14.0. The van der Waals surface area contributed by atoms with Crippen molar-refractivity contribution in [3.05, 3.63) is 28.7 Å². The predicted octanol–water partition coefficient (Wildman–Crippen LogP) is 1.23. The predicted molar refractivity (Wildman–Crippen MR) is 72.4 cm³/mol. The van der Waals surface area contributed by atoms with E-state index in [-0.39, 0.29) is 5.56 Å². The number of hydrogen-bond donors (Lipinski definition) is 1. The lowest BCUT2D eigenvalue weighted by Crippen LogP contribution is -2.22. The molecule has 96 valence electrons. The Morgan fingerprint density at radius 3 is 2.71 bits per heavy atom. The summed E-state index contributed by atoms with van der Waals surface area (Å²) in [5.74, 6) is 1.78. The van der Waals surface area contributed by atoms with Crippen LogP contribution in [0.2, 0.25) is 0 Å². The summed E-state index contributed by atoms with van der Waals surface area (Å²) >= 11 is 0. The Bertz CT molecular complexity index is 440. The molecular weight excluding hydrogens is 236 g/mol. The highest BCUT2D eigenvalue weighted by atomic mass is 32.2. The molecule has 0 saturated carbocycles. The highest BCUT2D eigenvalue weighted by Gasteiger charge is 2.03. The van der Waals surface area contributed by atoms with Crippen LogP contribution >= 0.6 is 0 Å². The first-order chi connectivity index (χ1) is 7.99. The topological polar surface area (TPSA) is 65.1 Å². The lowest BCUT2D eigenvalue weighted by molar-refractivity contribution is 0.616. The summed E-state index contributed by atoms with van der Waals surface area (Å²) in [5.41, 5.74) is 6.05. The molecule has 5 heteroatoms. The van der Waals surface area contributed by atoms with Gasteiger partial charge in [0.25, 0.3) is 5.56 Å². The molecular formula is C12H20N2O2S. The molecule has 0 bridgehead atoms. The molecule has 0 aliphatic rings. The van der Waals surface area contributed by atoms with Crippen LogP contribution in [-0.4, -0.2) is 20.3 Å². The third-order valence-corrected chi connectivity index (χ3v) is 3.82. The van der Waals surface area contributed by atoms with Gasteiger partial charge in [-0.15, -0.1) is 0 Å². The zero-order chi connectivity index (χ0) is 12.8. The highest BCUT2D eigenvalue weighted by Crippen LogP contribution is 2.02. The van der Waals surface area contributed by atoms with Gasteiger partial charge in [-0.25, -0.2) is 0 Å². The average Bonchev–Trinajstić information content (AvgIpc) is 2.27. The van der Waals surface area contributed by atoms with Crippen LogP contribution < -0.4 is 11.3 Å². The van der Waals surface area contributed by atoms with E-state index in [2.05, 4.69) is 13.8 Å². The van der Waals surface area contributed by atoms with Crippen LogP contribution in [0.4, 0.5) is 5.69 Å². The molecule has 1 aromatic rings. The molecule has 1 heterocycles. The average molecular weight is 256 g/mol. The number of nitrogens with two attached hydrogens (primary N) is 1. The molecule has 0 aliphatic carbocycles. The Balaban J connectivity index is 2.47. The van der Waals surface area contributed by atoms with E-state index in [1.807, 2.05) is 0 Å². The third-order valence-electron chi connectivity index (χ3n) is 2.49. The summed E-state index contributed by atoms with van der Waals surface area (Å²) < 4.78 is 13.2. The first-order valence-corrected chi connectivity index (χ1v) is 7.29. The van der Waals surface area contributed by atoms with Crippen molar-refractivity contribution in [2.75, 3.05) is 17.2 Å². The normalized spacial score (nSPS) is 12.9. The van der Waals surface area contributed by atoms with Crippen LogP contribution in [0.3, 0.4) is 0 Å². The molecule has 2 N–H and O–H groups in total. The van der Waals surface area contributed by atoms with Crippen molar-refractivity contribution >= 4 is 16.5 Å². The van der Waals surface area contributed by atoms with Gasteiger partial charge in [0.1, 0.15) is 0 Å². The zero-order valence-electron chi connectivity index (χ0n) is 10.4. The van der Waals surface area contributed by atoms with Gasteiger partial charge >= 0.3 is 0 Å². The molecule has 4 nitrogen and oxygen atoms in total. The Hall–Kier alpha value is -1.10. The Morgan fingerprint density at radius 2 is 2.06 bits per heavy atom. The molecule has 0 aliphatic heterocycles. The van der Waals surface area contributed by atoms with Crippen molar-refractivity contribution in [1.29, 1.82) is 0 Å². The van der Waals surface area contributed by atoms with E-state index < -0.39 is 10.8 Å². The van der Waals surface area contributed by atoms with E-state index in [9.17, 15) is 9.00 Å². The lowest BCUT2D eigenvalue weighted by atomic mass is 10.2. The molecule has 0 spiro atoms. The van der Waals surface area contributed by atoms with Crippen molar-refractivity contribution in [2.45, 2.75) is 26.8 Å². The molecule has 0 fully saturated rings. The largest absolute Gasteiger partial charge is 0.398 e. The number of nitrogens with zero attached hydrogens (tertiary/aromatic N) is 1. The fourth-order valence-corrected chi connectivity index (χ4v) is 2.73. The molecule has 0 aromatic carbocycles. The molecule has 0 amide bonds. The Morgan fingerprint density at radius 1 is 1.35 bits per heavy atom. The minimum absolute atomic E-state index is 0.0972. The van der Waals surface area contributed by atoms with Crippen LogP contribution in [0.15, 0.2) is 23.1 Å². The van der Waals surface area contributed by atoms with Crippen LogP contribution in [0.5, 0.6) is 0 Å². The summed E-state index contributed by atoms with van der Waals surface area (Å²) in [5, 5.41) is 0. The van der Waals surface area contributed by atoms with Crippen LogP contribution in [0.25, 0.3) is 0 Å². The van der Waals surface area contributed by atoms with Crippen molar-refractivity contribution in [2.24, 2.45) is 5.92 Å². The summed E-state index contributed by atoms with van der Waals surface area (Å²) in [7, 11) is -0.857. The second-order valence-corrected chi connectivity index (χ2v) is 6.22. The summed E-state index contributed by atoms with van der Waals surface area (Å²) in [6, 6.07) is 3.01. The second kappa shape index (κ2) is 6.59. The van der Waals surface area contributed by atoms with Crippen LogP contribution in [-0.2, 0) is 17.3 Å². The maximum Gasteiger partial charge on any atom is 0.250 e. The minimum atomic E-state index is -0.857. The van der Waals surface area contributed by atoms with E-state index in [0.29, 0.717) is 29.7 Å². The van der Waals surface area contributed by atoms with Gasteiger partial charge < -0.3 is 10.3 Å². The number of nitrogen functional groups attached to an aromatic ring is 1. The van der Waals surface area contributed by atoms with Gasteiger partial charge in [-0.05, 0) is 18.4 Å². The van der Waals surface area contributed by atoms with Gasteiger partial charge in [0.2, 0.25) is 0 Å². The van der Waals surface area contributed by atoms with Crippen molar-refractivity contribution in [3.8, 4) is 0 Å². The Labute approximate surface area is 104 Å². The number of anilines is 1. The zero-order valence-corrected chi connectivity index (χ0v) is 11.2. The van der Waals surface area contributed by atoms with Gasteiger partial charge in [-0.1, -0.05) is 13.8 Å². The number of rotatable bonds is 6. The fourth-order valence-electron chi connectivity index (χ4n) is 1.39. The third kappa shape index (κ3) is 5.17. The van der Waals surface area contributed by atoms with Gasteiger partial charge in [0, 0.05) is 46.8 Å². The maximum absolute atomic E-state index is 11.7. The van der Waals surface area contributed by atoms with Crippen molar-refractivity contribution in [1.82, 2.24) is 4.57 Å². The second-order valence-electron chi connectivity index (χ2n) is 4.52. The number of pyridine rings is 1. The van der Waals surface area contributed by atoms with E-state index in [1.54, 1.807) is 12.3 Å². The molecule has 17 heavy (non-hydrogen) atoms. The number of hydrogen-bond acceptors (Lipinski definition) is 3. The number of aromatic nitrogens is 1. The molecule has 0 radical (unpaired) electrons. The maximum atomic E-state index is 11.7. The van der Waals surface area contributed by atoms with Crippen molar-refractivity contribution < 1.29 is 4.21 Å². The van der Waals surface area contributed by atoms with Crippen LogP contribution in [0.1, 0.15) is 20.3 Å². The smallest absolute Gasteiger partial charge is 0.250 e.